The number of aryl methyl sites for hydroxylation is 2. The van der Waals surface area contributed by atoms with Crippen LogP contribution in [0.15, 0.2) is 24.5 Å². The summed E-state index contributed by atoms with van der Waals surface area (Å²) in [5.74, 6) is 0.249. The molecular weight excluding hydrogens is 266 g/mol. The summed E-state index contributed by atoms with van der Waals surface area (Å²) in [6, 6.07) is 3.40. The Morgan fingerprint density at radius 3 is 2.90 bits per heavy atom. The van der Waals surface area contributed by atoms with Gasteiger partial charge in [-0.25, -0.2) is 4.98 Å². The molecule has 6 heteroatoms. The van der Waals surface area contributed by atoms with Gasteiger partial charge in [-0.2, -0.15) is 5.10 Å². The average Bonchev–Trinajstić information content (AvgIpc) is 2.84. The Kier molecular flexibility index (Phi) is 4.92. The average molecular weight is 287 g/mol. The van der Waals surface area contributed by atoms with Gasteiger partial charge < -0.3 is 11.1 Å². The summed E-state index contributed by atoms with van der Waals surface area (Å²) in [5, 5.41) is 7.04. The molecule has 21 heavy (non-hydrogen) atoms. The lowest BCUT2D eigenvalue weighted by molar-refractivity contribution is 0.0951. The van der Waals surface area contributed by atoms with Crippen LogP contribution < -0.4 is 11.1 Å². The van der Waals surface area contributed by atoms with Gasteiger partial charge in [0.25, 0.3) is 5.91 Å². The van der Waals surface area contributed by atoms with Crippen molar-refractivity contribution < 1.29 is 4.79 Å². The number of carbonyl (C=O) groups is 1. The van der Waals surface area contributed by atoms with E-state index < -0.39 is 0 Å². The van der Waals surface area contributed by atoms with Gasteiger partial charge in [0.1, 0.15) is 5.82 Å². The molecule has 3 N–H and O–H groups in total. The van der Waals surface area contributed by atoms with Crippen LogP contribution in [0.5, 0.6) is 0 Å². The highest BCUT2D eigenvalue weighted by atomic mass is 16.1. The standard InChI is InChI=1S/C15H21N5O/c1-3-4-13-7-12(8-14(16)19-13)15(21)17-5-6-20-10-11(2)9-18-20/h7-10H,3-6H2,1-2H3,(H2,16,19)(H,17,21). The lowest BCUT2D eigenvalue weighted by atomic mass is 10.1. The summed E-state index contributed by atoms with van der Waals surface area (Å²) in [7, 11) is 0. The maximum absolute atomic E-state index is 12.1. The zero-order valence-electron chi connectivity index (χ0n) is 12.5. The fourth-order valence-corrected chi connectivity index (χ4v) is 2.10. The van der Waals surface area contributed by atoms with Crippen LogP contribution in [0.25, 0.3) is 0 Å². The minimum atomic E-state index is -0.134. The predicted molar refractivity (Wildman–Crippen MR) is 81.9 cm³/mol. The number of nitrogen functional groups attached to an aromatic ring is 1. The zero-order valence-corrected chi connectivity index (χ0v) is 12.5. The van der Waals surface area contributed by atoms with E-state index in [-0.39, 0.29) is 5.91 Å². The van der Waals surface area contributed by atoms with E-state index >= 15 is 0 Å². The van der Waals surface area contributed by atoms with Crippen molar-refractivity contribution in [2.75, 3.05) is 12.3 Å². The minimum absolute atomic E-state index is 0.134. The second kappa shape index (κ2) is 6.88. The van der Waals surface area contributed by atoms with Gasteiger partial charge in [-0.3, -0.25) is 9.48 Å². The quantitative estimate of drug-likeness (QED) is 0.844. The van der Waals surface area contributed by atoms with Crippen LogP contribution in [0.3, 0.4) is 0 Å². The molecule has 0 fully saturated rings. The zero-order chi connectivity index (χ0) is 15.2. The van der Waals surface area contributed by atoms with Gasteiger partial charge >= 0.3 is 0 Å². The molecule has 0 unspecified atom stereocenters. The molecule has 0 radical (unpaired) electrons. The SMILES string of the molecule is CCCc1cc(C(=O)NCCn2cc(C)cn2)cc(N)n1. The monoisotopic (exact) mass is 287 g/mol. The Morgan fingerprint density at radius 2 is 2.24 bits per heavy atom. The number of rotatable bonds is 6. The van der Waals surface area contributed by atoms with Gasteiger partial charge in [-0.15, -0.1) is 0 Å². The predicted octanol–water partition coefficient (Wildman–Crippen LogP) is 1.55. The van der Waals surface area contributed by atoms with Gasteiger partial charge in [-0.05, 0) is 31.0 Å². The Balaban J connectivity index is 1.93. The van der Waals surface area contributed by atoms with E-state index in [9.17, 15) is 4.79 Å². The maximum atomic E-state index is 12.1. The number of carbonyl (C=O) groups excluding carboxylic acids is 1. The molecule has 112 valence electrons. The van der Waals surface area contributed by atoms with Crippen LogP contribution in [0.4, 0.5) is 5.82 Å². The summed E-state index contributed by atoms with van der Waals surface area (Å²) in [6.07, 6.45) is 5.52. The summed E-state index contributed by atoms with van der Waals surface area (Å²) < 4.78 is 1.80. The third kappa shape index (κ3) is 4.30. The lowest BCUT2D eigenvalue weighted by Gasteiger charge is -2.08. The van der Waals surface area contributed by atoms with Crippen molar-refractivity contribution in [1.29, 1.82) is 0 Å². The van der Waals surface area contributed by atoms with E-state index in [1.165, 1.54) is 0 Å². The highest BCUT2D eigenvalue weighted by molar-refractivity contribution is 5.94. The Bertz CT molecular complexity index is 620. The second-order valence-corrected chi connectivity index (χ2v) is 5.06. The smallest absolute Gasteiger partial charge is 0.251 e. The third-order valence-electron chi connectivity index (χ3n) is 3.06. The van der Waals surface area contributed by atoms with Crippen LogP contribution in [-0.2, 0) is 13.0 Å². The van der Waals surface area contributed by atoms with Crippen molar-refractivity contribution in [2.45, 2.75) is 33.2 Å². The first kappa shape index (κ1) is 15.0. The number of nitrogens with one attached hydrogen (secondary N) is 1. The molecule has 2 aromatic heterocycles. The molecule has 0 saturated carbocycles. The number of aromatic nitrogens is 3. The van der Waals surface area contributed by atoms with Crippen LogP contribution in [-0.4, -0.2) is 27.2 Å². The normalized spacial score (nSPS) is 10.6. The number of hydrogen-bond acceptors (Lipinski definition) is 4. The van der Waals surface area contributed by atoms with Crippen molar-refractivity contribution in [1.82, 2.24) is 20.1 Å². The van der Waals surface area contributed by atoms with Crippen molar-refractivity contribution in [3.63, 3.8) is 0 Å². The molecule has 0 aliphatic heterocycles. The van der Waals surface area contributed by atoms with E-state index in [1.807, 2.05) is 13.1 Å². The van der Waals surface area contributed by atoms with Gasteiger partial charge in [0, 0.05) is 24.0 Å². The number of anilines is 1. The van der Waals surface area contributed by atoms with Gasteiger partial charge in [0.2, 0.25) is 0 Å². The van der Waals surface area contributed by atoms with Gasteiger partial charge in [0.15, 0.2) is 0 Å². The van der Waals surface area contributed by atoms with Crippen molar-refractivity contribution in [2.24, 2.45) is 0 Å². The molecule has 0 atom stereocenters. The van der Waals surface area contributed by atoms with Crippen LogP contribution in [0, 0.1) is 6.92 Å². The molecule has 0 aromatic carbocycles. The molecule has 0 saturated heterocycles. The van der Waals surface area contributed by atoms with Crippen molar-refractivity contribution >= 4 is 11.7 Å². The fraction of sp³-hybridized carbons (Fsp3) is 0.400. The van der Waals surface area contributed by atoms with Crippen molar-refractivity contribution in [3.05, 3.63) is 41.3 Å². The summed E-state index contributed by atoms with van der Waals surface area (Å²) >= 11 is 0. The van der Waals surface area contributed by atoms with E-state index in [1.54, 1.807) is 23.0 Å². The molecule has 0 bridgehead atoms. The Hall–Kier alpha value is -2.37. The van der Waals surface area contributed by atoms with Crippen LogP contribution in [0.1, 0.15) is 35.0 Å². The maximum Gasteiger partial charge on any atom is 0.251 e. The molecule has 0 aliphatic rings. The van der Waals surface area contributed by atoms with Crippen molar-refractivity contribution in [3.8, 4) is 0 Å². The molecule has 0 spiro atoms. The summed E-state index contributed by atoms with van der Waals surface area (Å²) in [6.45, 7) is 5.21. The minimum Gasteiger partial charge on any atom is -0.384 e. The van der Waals surface area contributed by atoms with E-state index in [2.05, 4.69) is 22.3 Å². The molecule has 2 aromatic rings. The summed E-state index contributed by atoms with van der Waals surface area (Å²) in [5.41, 5.74) is 8.26. The fourth-order valence-electron chi connectivity index (χ4n) is 2.10. The molecular formula is C15H21N5O. The van der Waals surface area contributed by atoms with Crippen LogP contribution >= 0.6 is 0 Å². The largest absolute Gasteiger partial charge is 0.384 e. The van der Waals surface area contributed by atoms with Gasteiger partial charge in [-0.1, -0.05) is 13.3 Å². The second-order valence-electron chi connectivity index (χ2n) is 5.06. The first-order valence-electron chi connectivity index (χ1n) is 7.12. The Labute approximate surface area is 124 Å². The first-order chi connectivity index (χ1) is 10.1. The van der Waals surface area contributed by atoms with E-state index in [0.717, 1.165) is 24.1 Å². The Morgan fingerprint density at radius 1 is 1.43 bits per heavy atom. The highest BCUT2D eigenvalue weighted by Gasteiger charge is 2.08. The van der Waals surface area contributed by atoms with Crippen LogP contribution in [0.2, 0.25) is 0 Å². The molecule has 2 heterocycles. The number of nitrogens with zero attached hydrogens (tertiary/aromatic N) is 3. The van der Waals surface area contributed by atoms with E-state index in [0.29, 0.717) is 24.5 Å². The molecule has 2 rings (SSSR count). The van der Waals surface area contributed by atoms with Gasteiger partial charge in [0.05, 0.1) is 12.7 Å². The summed E-state index contributed by atoms with van der Waals surface area (Å²) in [4.78, 5) is 16.3. The topological polar surface area (TPSA) is 85.8 Å². The molecule has 1 amide bonds. The number of amides is 1. The molecule has 6 nitrogen and oxygen atoms in total. The molecule has 0 aliphatic carbocycles. The van der Waals surface area contributed by atoms with E-state index in [4.69, 9.17) is 5.73 Å². The lowest BCUT2D eigenvalue weighted by Crippen LogP contribution is -2.27. The number of nitrogens with two attached hydrogens (primary N) is 1. The first-order valence-corrected chi connectivity index (χ1v) is 7.12. The highest BCUT2D eigenvalue weighted by Crippen LogP contribution is 2.09. The third-order valence-corrected chi connectivity index (χ3v) is 3.06. The number of pyridine rings is 1. The number of hydrogen-bond donors (Lipinski definition) is 2.